The molecule has 3 heteroatoms. The van der Waals surface area contributed by atoms with Gasteiger partial charge in [0.05, 0.1) is 11.7 Å². The number of carbonyl (C=O) groups excluding carboxylic acids is 1. The van der Waals surface area contributed by atoms with Crippen molar-refractivity contribution in [2.75, 3.05) is 0 Å². The zero-order chi connectivity index (χ0) is 13.8. The minimum absolute atomic E-state index is 0.0941. The summed E-state index contributed by atoms with van der Waals surface area (Å²) in [5, 5.41) is 3.82. The predicted octanol–water partition coefficient (Wildman–Crippen LogP) is 2.51. The maximum Gasteiger partial charge on any atom is 0.244 e. The summed E-state index contributed by atoms with van der Waals surface area (Å²) in [6, 6.07) is 0.641. The van der Waals surface area contributed by atoms with E-state index in [1.165, 1.54) is 44.9 Å². The van der Waals surface area contributed by atoms with Gasteiger partial charge in [0.1, 0.15) is 0 Å². The molecule has 0 aromatic heterocycles. The van der Waals surface area contributed by atoms with Crippen LogP contribution in [0.15, 0.2) is 0 Å². The van der Waals surface area contributed by atoms with Crippen LogP contribution in [0.3, 0.4) is 0 Å². The van der Waals surface area contributed by atoms with Crippen LogP contribution in [0.4, 0.5) is 0 Å². The van der Waals surface area contributed by atoms with Crippen molar-refractivity contribution in [1.29, 1.82) is 0 Å². The van der Waals surface area contributed by atoms with E-state index in [-0.39, 0.29) is 5.54 Å². The summed E-state index contributed by atoms with van der Waals surface area (Å²) in [5.74, 6) is 4.97. The van der Waals surface area contributed by atoms with E-state index in [1.54, 1.807) is 0 Å². The molecule has 5 atom stereocenters. The van der Waals surface area contributed by atoms with Crippen LogP contribution >= 0.6 is 0 Å². The van der Waals surface area contributed by atoms with E-state index in [2.05, 4.69) is 10.2 Å². The fourth-order valence-electron chi connectivity index (χ4n) is 6.86. The van der Waals surface area contributed by atoms with E-state index in [0.29, 0.717) is 18.1 Å². The molecule has 2 bridgehead atoms. The first-order valence-electron chi connectivity index (χ1n) is 9.39. The molecule has 1 heterocycles. The van der Waals surface area contributed by atoms with Crippen LogP contribution in [-0.2, 0) is 4.79 Å². The van der Waals surface area contributed by atoms with Crippen LogP contribution in [0, 0.1) is 29.6 Å². The number of carbonyl (C=O) groups is 1. The van der Waals surface area contributed by atoms with Gasteiger partial charge in [-0.15, -0.1) is 0 Å². The third-order valence-electron chi connectivity index (χ3n) is 7.98. The minimum atomic E-state index is -0.0941. The maximum absolute atomic E-state index is 13.1. The molecular weight excluding hydrogens is 260 g/mol. The number of nitrogens with one attached hydrogen (secondary N) is 1. The molecule has 0 radical (unpaired) electrons. The number of amides is 1. The van der Waals surface area contributed by atoms with Gasteiger partial charge in [-0.2, -0.15) is 0 Å². The van der Waals surface area contributed by atoms with Crippen molar-refractivity contribution < 1.29 is 4.79 Å². The van der Waals surface area contributed by atoms with Crippen LogP contribution in [0.2, 0.25) is 0 Å². The van der Waals surface area contributed by atoms with Gasteiger partial charge in [-0.3, -0.25) is 10.1 Å². The van der Waals surface area contributed by atoms with Gasteiger partial charge in [-0.25, -0.2) is 0 Å². The zero-order valence-electron chi connectivity index (χ0n) is 12.8. The molecule has 1 saturated heterocycles. The van der Waals surface area contributed by atoms with Crippen LogP contribution in [0.25, 0.3) is 0 Å². The third kappa shape index (κ3) is 1.38. The quantitative estimate of drug-likeness (QED) is 0.846. The standard InChI is InChI=1S/C18H26N2O/c21-17-18(7-8-18)19-16(10-3-1-2-4-10)20(17)15-13-11-5-6-12(9-11)14(13)15/h10-16,19H,1-9H2. The molecule has 5 unspecified atom stereocenters. The second-order valence-electron chi connectivity index (χ2n) is 8.91. The molecule has 1 amide bonds. The smallest absolute Gasteiger partial charge is 0.244 e. The van der Waals surface area contributed by atoms with Gasteiger partial charge in [0, 0.05) is 6.04 Å². The van der Waals surface area contributed by atoms with Gasteiger partial charge in [-0.05, 0) is 74.5 Å². The molecule has 1 spiro atoms. The summed E-state index contributed by atoms with van der Waals surface area (Å²) in [6.07, 6.45) is 12.4. The summed E-state index contributed by atoms with van der Waals surface area (Å²) in [7, 11) is 0. The first-order valence-corrected chi connectivity index (χ1v) is 9.39. The van der Waals surface area contributed by atoms with E-state index in [1.807, 2.05) is 0 Å². The molecule has 5 saturated carbocycles. The van der Waals surface area contributed by atoms with E-state index in [0.717, 1.165) is 42.4 Å². The average Bonchev–Trinajstić information content (AvgIpc) is 3.14. The molecule has 1 aliphatic heterocycles. The highest BCUT2D eigenvalue weighted by Gasteiger charge is 2.72. The first kappa shape index (κ1) is 11.9. The van der Waals surface area contributed by atoms with Crippen molar-refractivity contribution in [3.8, 4) is 0 Å². The maximum atomic E-state index is 13.1. The Labute approximate surface area is 126 Å². The normalized spacial score (nSPS) is 53.0. The van der Waals surface area contributed by atoms with Crippen LogP contribution in [0.5, 0.6) is 0 Å². The Morgan fingerprint density at radius 1 is 0.952 bits per heavy atom. The van der Waals surface area contributed by atoms with Crippen molar-refractivity contribution in [3.05, 3.63) is 0 Å². The van der Waals surface area contributed by atoms with Crippen molar-refractivity contribution >= 4 is 5.91 Å². The monoisotopic (exact) mass is 286 g/mol. The lowest BCUT2D eigenvalue weighted by Crippen LogP contribution is -2.45. The molecule has 1 N–H and O–H groups in total. The van der Waals surface area contributed by atoms with Gasteiger partial charge in [0.15, 0.2) is 0 Å². The summed E-state index contributed by atoms with van der Waals surface area (Å²) in [6.45, 7) is 0. The molecule has 6 rings (SSSR count). The summed E-state index contributed by atoms with van der Waals surface area (Å²) in [4.78, 5) is 15.5. The van der Waals surface area contributed by atoms with E-state index >= 15 is 0 Å². The number of fused-ring (bicyclic) bond motifs is 5. The number of hydrogen-bond acceptors (Lipinski definition) is 2. The fraction of sp³-hybridized carbons (Fsp3) is 0.944. The second kappa shape index (κ2) is 3.67. The molecule has 0 aromatic carbocycles. The Morgan fingerprint density at radius 3 is 2.24 bits per heavy atom. The Kier molecular flexibility index (Phi) is 2.08. The third-order valence-corrected chi connectivity index (χ3v) is 7.98. The number of hydrogen-bond donors (Lipinski definition) is 1. The van der Waals surface area contributed by atoms with Gasteiger partial charge < -0.3 is 4.90 Å². The van der Waals surface area contributed by atoms with Crippen molar-refractivity contribution in [1.82, 2.24) is 10.2 Å². The molecule has 3 nitrogen and oxygen atoms in total. The molecule has 21 heavy (non-hydrogen) atoms. The molecule has 114 valence electrons. The van der Waals surface area contributed by atoms with Crippen molar-refractivity contribution in [3.63, 3.8) is 0 Å². The average molecular weight is 286 g/mol. The van der Waals surface area contributed by atoms with Crippen molar-refractivity contribution in [2.24, 2.45) is 29.6 Å². The van der Waals surface area contributed by atoms with Crippen LogP contribution < -0.4 is 5.32 Å². The summed E-state index contributed by atoms with van der Waals surface area (Å²) >= 11 is 0. The lowest BCUT2D eigenvalue weighted by atomic mass is 10.0. The fourth-order valence-corrected chi connectivity index (χ4v) is 6.86. The van der Waals surface area contributed by atoms with Crippen molar-refractivity contribution in [2.45, 2.75) is 75.5 Å². The Hall–Kier alpha value is -0.570. The summed E-state index contributed by atoms with van der Waals surface area (Å²) < 4.78 is 0. The van der Waals surface area contributed by atoms with E-state index < -0.39 is 0 Å². The SMILES string of the molecule is O=C1N(C2C3C4CCC(C4)C32)C(C2CCCC2)NC12CC2. The lowest BCUT2D eigenvalue weighted by molar-refractivity contribution is -0.132. The Morgan fingerprint density at radius 2 is 1.62 bits per heavy atom. The van der Waals surface area contributed by atoms with Crippen LogP contribution in [-0.4, -0.2) is 28.6 Å². The van der Waals surface area contributed by atoms with Gasteiger partial charge in [0.25, 0.3) is 0 Å². The Balaban J connectivity index is 1.33. The van der Waals surface area contributed by atoms with Gasteiger partial charge >= 0.3 is 0 Å². The van der Waals surface area contributed by atoms with E-state index in [9.17, 15) is 4.79 Å². The number of nitrogens with zero attached hydrogens (tertiary/aromatic N) is 1. The molecule has 0 aromatic rings. The molecular formula is C18H26N2O. The lowest BCUT2D eigenvalue weighted by Gasteiger charge is -2.31. The minimum Gasteiger partial charge on any atom is -0.322 e. The molecule has 6 aliphatic rings. The second-order valence-corrected chi connectivity index (χ2v) is 8.91. The molecule has 6 fully saturated rings. The van der Waals surface area contributed by atoms with Crippen LogP contribution in [0.1, 0.15) is 57.8 Å². The highest BCUT2D eigenvalue weighted by atomic mass is 16.2. The number of rotatable bonds is 2. The largest absolute Gasteiger partial charge is 0.322 e. The van der Waals surface area contributed by atoms with Gasteiger partial charge in [-0.1, -0.05) is 12.8 Å². The topological polar surface area (TPSA) is 32.3 Å². The summed E-state index contributed by atoms with van der Waals surface area (Å²) in [5.41, 5.74) is -0.0941. The van der Waals surface area contributed by atoms with E-state index in [4.69, 9.17) is 0 Å². The highest BCUT2D eigenvalue weighted by molar-refractivity contribution is 5.92. The van der Waals surface area contributed by atoms with Gasteiger partial charge in [0.2, 0.25) is 5.91 Å². The first-order chi connectivity index (χ1) is 10.3. The Bertz CT molecular complexity index is 491. The predicted molar refractivity (Wildman–Crippen MR) is 79.3 cm³/mol. The zero-order valence-corrected chi connectivity index (χ0v) is 12.8. The molecule has 5 aliphatic carbocycles. The highest BCUT2D eigenvalue weighted by Crippen LogP contribution is 2.68.